The molecular weight excluding hydrogens is 315 g/mol. The van der Waals surface area contributed by atoms with Gasteiger partial charge in [-0.05, 0) is 49.4 Å². The van der Waals surface area contributed by atoms with Crippen molar-refractivity contribution in [3.63, 3.8) is 0 Å². The number of carbonyl (C=O) groups excluding carboxylic acids is 1. The van der Waals surface area contributed by atoms with Gasteiger partial charge in [0, 0.05) is 12.1 Å². The summed E-state index contributed by atoms with van der Waals surface area (Å²) < 4.78 is 13.3. The van der Waals surface area contributed by atoms with Crippen molar-refractivity contribution in [1.82, 2.24) is 10.6 Å². The molecule has 2 aromatic rings. The second kappa shape index (κ2) is 7.79. The van der Waals surface area contributed by atoms with E-state index in [2.05, 4.69) is 48.7 Å². The first-order valence-electron chi connectivity index (χ1n) is 8.95. The average molecular weight is 340 g/mol. The molecule has 0 saturated heterocycles. The lowest BCUT2D eigenvalue weighted by Crippen LogP contribution is -2.40. The van der Waals surface area contributed by atoms with Gasteiger partial charge in [-0.25, -0.2) is 4.39 Å². The fraction of sp³-hybridized carbons (Fsp3) is 0.381. The summed E-state index contributed by atoms with van der Waals surface area (Å²) in [5.41, 5.74) is 3.14. The molecule has 0 aromatic heterocycles. The van der Waals surface area contributed by atoms with Crippen LogP contribution in [0.4, 0.5) is 4.39 Å². The van der Waals surface area contributed by atoms with E-state index in [-0.39, 0.29) is 23.8 Å². The van der Waals surface area contributed by atoms with E-state index in [1.165, 1.54) is 17.7 Å². The Balaban J connectivity index is 1.82. The standard InChI is InChI=1S/C21H25FN2O/c1-3-19(15-6-4-14(2)5-7-15)24-20(21(25)23-18-12-13-18)16-8-10-17(22)11-9-16/h4-11,18-20,24H,3,12-13H2,1-2H3,(H,23,25). The van der Waals surface area contributed by atoms with E-state index in [0.29, 0.717) is 0 Å². The van der Waals surface area contributed by atoms with E-state index < -0.39 is 6.04 Å². The molecule has 0 spiro atoms. The van der Waals surface area contributed by atoms with Crippen LogP contribution in [0.5, 0.6) is 0 Å². The molecule has 4 heteroatoms. The molecule has 0 aliphatic heterocycles. The molecule has 1 aliphatic carbocycles. The SMILES string of the molecule is CCC(NC(C(=O)NC1CC1)c1ccc(F)cc1)c1ccc(C)cc1. The van der Waals surface area contributed by atoms with Crippen LogP contribution in [0.25, 0.3) is 0 Å². The van der Waals surface area contributed by atoms with Crippen molar-refractivity contribution in [2.75, 3.05) is 0 Å². The smallest absolute Gasteiger partial charge is 0.241 e. The Labute approximate surface area is 148 Å². The second-order valence-electron chi connectivity index (χ2n) is 6.81. The minimum atomic E-state index is -0.493. The first-order valence-corrected chi connectivity index (χ1v) is 8.95. The molecule has 3 rings (SSSR count). The van der Waals surface area contributed by atoms with Crippen LogP contribution in [0.2, 0.25) is 0 Å². The van der Waals surface area contributed by atoms with Gasteiger partial charge >= 0.3 is 0 Å². The first-order chi connectivity index (χ1) is 12.1. The van der Waals surface area contributed by atoms with Crippen LogP contribution >= 0.6 is 0 Å². The number of aryl methyl sites for hydroxylation is 1. The quantitative estimate of drug-likeness (QED) is 0.793. The van der Waals surface area contributed by atoms with Gasteiger partial charge in [-0.1, -0.05) is 48.9 Å². The Bertz CT molecular complexity index is 708. The molecule has 2 atom stereocenters. The molecule has 2 aromatic carbocycles. The highest BCUT2D eigenvalue weighted by Gasteiger charge is 2.29. The van der Waals surface area contributed by atoms with Gasteiger partial charge in [0.05, 0.1) is 0 Å². The molecule has 0 radical (unpaired) electrons. The van der Waals surface area contributed by atoms with Gasteiger partial charge in [-0.3, -0.25) is 10.1 Å². The summed E-state index contributed by atoms with van der Waals surface area (Å²) in [4.78, 5) is 12.7. The molecule has 0 bridgehead atoms. The summed E-state index contributed by atoms with van der Waals surface area (Å²) >= 11 is 0. The molecule has 1 aliphatic rings. The van der Waals surface area contributed by atoms with E-state index >= 15 is 0 Å². The van der Waals surface area contributed by atoms with E-state index in [1.54, 1.807) is 12.1 Å². The Morgan fingerprint density at radius 1 is 1.08 bits per heavy atom. The molecule has 3 nitrogen and oxygen atoms in total. The van der Waals surface area contributed by atoms with Crippen molar-refractivity contribution in [3.05, 3.63) is 71.0 Å². The summed E-state index contributed by atoms with van der Waals surface area (Å²) in [6, 6.07) is 14.4. The Hall–Kier alpha value is -2.20. The molecule has 0 heterocycles. The molecule has 1 amide bonds. The van der Waals surface area contributed by atoms with Crippen molar-refractivity contribution in [3.8, 4) is 0 Å². The Kier molecular flexibility index (Phi) is 5.49. The minimum Gasteiger partial charge on any atom is -0.352 e. The van der Waals surface area contributed by atoms with Crippen LogP contribution in [-0.4, -0.2) is 11.9 Å². The molecule has 2 N–H and O–H groups in total. The van der Waals surface area contributed by atoms with Crippen LogP contribution in [0.1, 0.15) is 55.0 Å². The van der Waals surface area contributed by atoms with Crippen molar-refractivity contribution >= 4 is 5.91 Å². The zero-order valence-electron chi connectivity index (χ0n) is 14.8. The predicted octanol–water partition coefficient (Wildman–Crippen LogP) is 4.19. The maximum Gasteiger partial charge on any atom is 0.241 e. The monoisotopic (exact) mass is 340 g/mol. The fourth-order valence-corrected chi connectivity index (χ4v) is 2.94. The van der Waals surface area contributed by atoms with Crippen molar-refractivity contribution in [1.29, 1.82) is 0 Å². The van der Waals surface area contributed by atoms with Crippen LogP contribution in [-0.2, 0) is 4.79 Å². The van der Waals surface area contributed by atoms with Crippen LogP contribution < -0.4 is 10.6 Å². The molecular formula is C21H25FN2O. The van der Waals surface area contributed by atoms with Gasteiger partial charge in [0.15, 0.2) is 0 Å². The molecule has 132 valence electrons. The summed E-state index contributed by atoms with van der Waals surface area (Å²) in [6.45, 7) is 4.15. The topological polar surface area (TPSA) is 41.1 Å². The highest BCUT2D eigenvalue weighted by molar-refractivity contribution is 5.83. The zero-order valence-corrected chi connectivity index (χ0v) is 14.8. The number of rotatable bonds is 7. The number of carbonyl (C=O) groups is 1. The predicted molar refractivity (Wildman–Crippen MR) is 97.7 cm³/mol. The number of hydrogen-bond acceptors (Lipinski definition) is 2. The molecule has 1 saturated carbocycles. The molecule has 2 unspecified atom stereocenters. The number of nitrogens with one attached hydrogen (secondary N) is 2. The summed E-state index contributed by atoms with van der Waals surface area (Å²) in [6.07, 6.45) is 2.94. The number of amides is 1. The third kappa shape index (κ3) is 4.67. The highest BCUT2D eigenvalue weighted by Crippen LogP contribution is 2.25. The lowest BCUT2D eigenvalue weighted by Gasteiger charge is -2.25. The lowest BCUT2D eigenvalue weighted by atomic mass is 9.99. The summed E-state index contributed by atoms with van der Waals surface area (Å²) in [5.74, 6) is -0.338. The van der Waals surface area contributed by atoms with Crippen molar-refractivity contribution < 1.29 is 9.18 Å². The third-order valence-electron chi connectivity index (χ3n) is 4.65. The van der Waals surface area contributed by atoms with E-state index in [0.717, 1.165) is 30.4 Å². The maximum atomic E-state index is 13.3. The minimum absolute atomic E-state index is 0.0420. The van der Waals surface area contributed by atoms with Gasteiger partial charge in [-0.2, -0.15) is 0 Å². The van der Waals surface area contributed by atoms with Crippen LogP contribution in [0.15, 0.2) is 48.5 Å². The van der Waals surface area contributed by atoms with Crippen molar-refractivity contribution in [2.24, 2.45) is 0 Å². The number of halogens is 1. The summed E-state index contributed by atoms with van der Waals surface area (Å²) in [7, 11) is 0. The lowest BCUT2D eigenvalue weighted by molar-refractivity contribution is -0.123. The average Bonchev–Trinajstić information content (AvgIpc) is 3.42. The van der Waals surface area contributed by atoms with Crippen molar-refractivity contribution in [2.45, 2.75) is 51.2 Å². The Morgan fingerprint density at radius 2 is 1.68 bits per heavy atom. The Morgan fingerprint density at radius 3 is 2.24 bits per heavy atom. The zero-order chi connectivity index (χ0) is 17.8. The fourth-order valence-electron chi connectivity index (χ4n) is 2.94. The first kappa shape index (κ1) is 17.6. The van der Waals surface area contributed by atoms with Gasteiger partial charge in [-0.15, -0.1) is 0 Å². The van der Waals surface area contributed by atoms with E-state index in [9.17, 15) is 9.18 Å². The van der Waals surface area contributed by atoms with Gasteiger partial charge in [0.25, 0.3) is 0 Å². The highest BCUT2D eigenvalue weighted by atomic mass is 19.1. The normalized spacial score (nSPS) is 16.3. The number of hydrogen-bond donors (Lipinski definition) is 2. The molecule has 25 heavy (non-hydrogen) atoms. The third-order valence-corrected chi connectivity index (χ3v) is 4.65. The van der Waals surface area contributed by atoms with Crippen LogP contribution in [0.3, 0.4) is 0 Å². The summed E-state index contributed by atoms with van der Waals surface area (Å²) in [5, 5.41) is 6.54. The van der Waals surface area contributed by atoms with Gasteiger partial charge < -0.3 is 5.32 Å². The second-order valence-corrected chi connectivity index (χ2v) is 6.81. The maximum absolute atomic E-state index is 13.3. The van der Waals surface area contributed by atoms with Gasteiger partial charge in [0.2, 0.25) is 5.91 Å². The largest absolute Gasteiger partial charge is 0.352 e. The van der Waals surface area contributed by atoms with E-state index in [4.69, 9.17) is 0 Å². The number of benzene rings is 2. The van der Waals surface area contributed by atoms with Gasteiger partial charge in [0.1, 0.15) is 11.9 Å². The molecule has 1 fully saturated rings. The van der Waals surface area contributed by atoms with Crippen LogP contribution in [0, 0.1) is 12.7 Å². The van der Waals surface area contributed by atoms with E-state index in [1.807, 2.05) is 0 Å².